The fourth-order valence-electron chi connectivity index (χ4n) is 3.36. The van der Waals surface area contributed by atoms with E-state index < -0.39 is 0 Å². The Balaban J connectivity index is 1.28. The summed E-state index contributed by atoms with van der Waals surface area (Å²) < 4.78 is 0. The quantitative estimate of drug-likeness (QED) is 0.705. The Morgan fingerprint density at radius 3 is 2.39 bits per heavy atom. The van der Waals surface area contributed by atoms with E-state index in [9.17, 15) is 9.59 Å². The number of rotatable bonds is 9. The van der Waals surface area contributed by atoms with Gasteiger partial charge in [-0.3, -0.25) is 14.5 Å². The van der Waals surface area contributed by atoms with E-state index in [2.05, 4.69) is 27.7 Å². The molecule has 4 rings (SSSR count). The van der Waals surface area contributed by atoms with Crippen LogP contribution in [0.3, 0.4) is 0 Å². The molecule has 0 aliphatic heterocycles. The fraction of sp³-hybridized carbons (Fsp3) is 0.391. The van der Waals surface area contributed by atoms with E-state index in [1.165, 1.54) is 18.4 Å². The van der Waals surface area contributed by atoms with Crippen LogP contribution in [-0.2, 0) is 22.7 Å². The first kappa shape index (κ1) is 18.7. The number of hydrogen-bond donors (Lipinski definition) is 2. The van der Waals surface area contributed by atoms with Gasteiger partial charge in [-0.25, -0.2) is 0 Å². The molecule has 0 radical (unpaired) electrons. The van der Waals surface area contributed by atoms with E-state index in [0.717, 1.165) is 30.6 Å². The molecular formula is C23H27N3O2. The van der Waals surface area contributed by atoms with Gasteiger partial charge in [-0.1, -0.05) is 42.5 Å². The van der Waals surface area contributed by atoms with Crippen molar-refractivity contribution >= 4 is 17.5 Å². The van der Waals surface area contributed by atoms with Gasteiger partial charge in [-0.2, -0.15) is 0 Å². The highest BCUT2D eigenvalue weighted by Gasteiger charge is 2.30. The maximum absolute atomic E-state index is 12.5. The Morgan fingerprint density at radius 2 is 1.68 bits per heavy atom. The summed E-state index contributed by atoms with van der Waals surface area (Å²) >= 11 is 0. The minimum absolute atomic E-state index is 0.0373. The van der Waals surface area contributed by atoms with E-state index in [1.54, 1.807) is 0 Å². The molecule has 2 aliphatic rings. The lowest BCUT2D eigenvalue weighted by Crippen LogP contribution is -2.37. The van der Waals surface area contributed by atoms with Crippen molar-refractivity contribution in [3.05, 3.63) is 65.7 Å². The molecule has 2 saturated carbocycles. The zero-order valence-corrected chi connectivity index (χ0v) is 16.1. The standard InChI is InChI=1S/C23H27N3O2/c27-22(16-26(21-11-12-21)15-17-5-2-1-3-6-17)24-14-18-7-4-8-20(13-18)25-23(28)19-9-10-19/h1-8,13,19,21H,9-12,14-16H2,(H,24,27)(H,25,28). The average Bonchev–Trinajstić information content (AvgIpc) is 3.59. The van der Waals surface area contributed by atoms with Crippen LogP contribution in [0, 0.1) is 5.92 Å². The minimum atomic E-state index is 0.0373. The molecule has 5 nitrogen and oxygen atoms in total. The molecule has 5 heteroatoms. The van der Waals surface area contributed by atoms with Crippen LogP contribution >= 0.6 is 0 Å². The normalized spacial score (nSPS) is 16.0. The maximum Gasteiger partial charge on any atom is 0.234 e. The van der Waals surface area contributed by atoms with Crippen LogP contribution in [0.25, 0.3) is 0 Å². The molecule has 2 fully saturated rings. The zero-order chi connectivity index (χ0) is 19.3. The summed E-state index contributed by atoms with van der Waals surface area (Å²) in [6.07, 6.45) is 4.32. The summed E-state index contributed by atoms with van der Waals surface area (Å²) in [6, 6.07) is 18.5. The minimum Gasteiger partial charge on any atom is -0.351 e. The highest BCUT2D eigenvalue weighted by atomic mass is 16.2. The number of anilines is 1. The van der Waals surface area contributed by atoms with Gasteiger partial charge in [0, 0.05) is 30.7 Å². The number of nitrogens with one attached hydrogen (secondary N) is 2. The third kappa shape index (κ3) is 5.42. The molecular weight excluding hydrogens is 350 g/mol. The first-order valence-corrected chi connectivity index (χ1v) is 10.1. The van der Waals surface area contributed by atoms with Gasteiger partial charge >= 0.3 is 0 Å². The number of benzene rings is 2. The van der Waals surface area contributed by atoms with Crippen LogP contribution in [-0.4, -0.2) is 29.3 Å². The molecule has 0 saturated heterocycles. The Bertz CT molecular complexity index is 829. The van der Waals surface area contributed by atoms with Crippen LogP contribution in [0.5, 0.6) is 0 Å². The fourth-order valence-corrected chi connectivity index (χ4v) is 3.36. The van der Waals surface area contributed by atoms with Gasteiger partial charge in [-0.15, -0.1) is 0 Å². The molecule has 0 unspecified atom stereocenters. The predicted octanol–water partition coefficient (Wildman–Crippen LogP) is 3.32. The number of nitrogens with zero attached hydrogens (tertiary/aromatic N) is 1. The van der Waals surface area contributed by atoms with Crippen molar-refractivity contribution in [3.8, 4) is 0 Å². The smallest absolute Gasteiger partial charge is 0.234 e. The highest BCUT2D eigenvalue weighted by molar-refractivity contribution is 5.94. The van der Waals surface area contributed by atoms with Crippen molar-refractivity contribution in [1.29, 1.82) is 0 Å². The number of amides is 2. The van der Waals surface area contributed by atoms with Crippen LogP contribution in [0.2, 0.25) is 0 Å². The van der Waals surface area contributed by atoms with Gasteiger partial charge in [0.15, 0.2) is 0 Å². The Morgan fingerprint density at radius 1 is 0.929 bits per heavy atom. The molecule has 146 valence electrons. The lowest BCUT2D eigenvalue weighted by molar-refractivity contribution is -0.122. The van der Waals surface area contributed by atoms with E-state index >= 15 is 0 Å². The Hall–Kier alpha value is -2.66. The molecule has 0 heterocycles. The molecule has 2 aromatic rings. The average molecular weight is 377 g/mol. The molecule has 0 atom stereocenters. The number of carbonyl (C=O) groups is 2. The lowest BCUT2D eigenvalue weighted by atomic mass is 10.2. The highest BCUT2D eigenvalue weighted by Crippen LogP contribution is 2.30. The molecule has 2 aliphatic carbocycles. The monoisotopic (exact) mass is 377 g/mol. The molecule has 28 heavy (non-hydrogen) atoms. The van der Waals surface area contributed by atoms with Crippen molar-refractivity contribution < 1.29 is 9.59 Å². The second-order valence-corrected chi connectivity index (χ2v) is 7.86. The Labute approximate surface area is 166 Å². The second-order valence-electron chi connectivity index (χ2n) is 7.86. The van der Waals surface area contributed by atoms with Crippen molar-refractivity contribution in [3.63, 3.8) is 0 Å². The van der Waals surface area contributed by atoms with Gasteiger partial charge < -0.3 is 10.6 Å². The van der Waals surface area contributed by atoms with Crippen LogP contribution in [0.4, 0.5) is 5.69 Å². The summed E-state index contributed by atoms with van der Waals surface area (Å²) in [7, 11) is 0. The topological polar surface area (TPSA) is 61.4 Å². The first-order chi connectivity index (χ1) is 13.7. The molecule has 2 amide bonds. The summed E-state index contributed by atoms with van der Waals surface area (Å²) in [5, 5.41) is 5.97. The number of hydrogen-bond acceptors (Lipinski definition) is 3. The van der Waals surface area contributed by atoms with E-state index in [0.29, 0.717) is 19.1 Å². The van der Waals surface area contributed by atoms with Gasteiger partial charge in [0.2, 0.25) is 11.8 Å². The third-order valence-electron chi connectivity index (χ3n) is 5.27. The van der Waals surface area contributed by atoms with E-state index in [-0.39, 0.29) is 17.7 Å². The molecule has 0 aromatic heterocycles. The van der Waals surface area contributed by atoms with E-state index in [4.69, 9.17) is 0 Å². The van der Waals surface area contributed by atoms with Gasteiger partial charge in [-0.05, 0) is 48.9 Å². The second kappa shape index (κ2) is 8.57. The largest absolute Gasteiger partial charge is 0.351 e. The van der Waals surface area contributed by atoms with Crippen molar-refractivity contribution in [2.45, 2.75) is 44.8 Å². The summed E-state index contributed by atoms with van der Waals surface area (Å²) in [6.45, 7) is 1.69. The first-order valence-electron chi connectivity index (χ1n) is 10.1. The maximum atomic E-state index is 12.5. The summed E-state index contributed by atoms with van der Waals surface area (Å²) in [5.74, 6) is 0.318. The van der Waals surface area contributed by atoms with Crippen LogP contribution in [0.1, 0.15) is 36.8 Å². The van der Waals surface area contributed by atoms with Crippen molar-refractivity contribution in [2.75, 3.05) is 11.9 Å². The molecule has 0 bridgehead atoms. The SMILES string of the molecule is O=C(CN(Cc1ccccc1)C1CC1)NCc1cccc(NC(=O)C2CC2)c1. The Kier molecular flexibility index (Phi) is 5.72. The van der Waals surface area contributed by atoms with Crippen LogP contribution < -0.4 is 10.6 Å². The number of carbonyl (C=O) groups excluding carboxylic acids is 2. The molecule has 2 N–H and O–H groups in total. The third-order valence-corrected chi connectivity index (χ3v) is 5.27. The van der Waals surface area contributed by atoms with Gasteiger partial charge in [0.25, 0.3) is 0 Å². The molecule has 0 spiro atoms. The van der Waals surface area contributed by atoms with Crippen molar-refractivity contribution in [1.82, 2.24) is 10.2 Å². The summed E-state index contributed by atoms with van der Waals surface area (Å²) in [4.78, 5) is 26.7. The van der Waals surface area contributed by atoms with Gasteiger partial charge in [0.1, 0.15) is 0 Å². The van der Waals surface area contributed by atoms with Crippen molar-refractivity contribution in [2.24, 2.45) is 5.92 Å². The molecule has 2 aromatic carbocycles. The lowest BCUT2D eigenvalue weighted by Gasteiger charge is -2.21. The predicted molar refractivity (Wildman–Crippen MR) is 110 cm³/mol. The zero-order valence-electron chi connectivity index (χ0n) is 16.1. The van der Waals surface area contributed by atoms with Gasteiger partial charge in [0.05, 0.1) is 6.54 Å². The van der Waals surface area contributed by atoms with Crippen LogP contribution in [0.15, 0.2) is 54.6 Å². The summed E-state index contributed by atoms with van der Waals surface area (Å²) in [5.41, 5.74) is 3.02. The van der Waals surface area contributed by atoms with E-state index in [1.807, 2.05) is 42.5 Å².